The van der Waals surface area contributed by atoms with Crippen LogP contribution in [-0.2, 0) is 9.53 Å². The third kappa shape index (κ3) is 3.08. The van der Waals surface area contributed by atoms with Gasteiger partial charge >= 0.3 is 5.97 Å². The zero-order valence-electron chi connectivity index (χ0n) is 12.8. The molecule has 3 rings (SSSR count). The van der Waals surface area contributed by atoms with E-state index in [1.54, 1.807) is 32.4 Å². The van der Waals surface area contributed by atoms with E-state index in [-0.39, 0.29) is 11.6 Å². The van der Waals surface area contributed by atoms with E-state index < -0.39 is 5.97 Å². The fourth-order valence-electron chi connectivity index (χ4n) is 2.23. The quantitative estimate of drug-likeness (QED) is 0.643. The highest BCUT2D eigenvalue weighted by Gasteiger charge is 2.26. The average molecular weight is 309 g/mol. The summed E-state index contributed by atoms with van der Waals surface area (Å²) in [5, 5.41) is 0. The number of para-hydroxylation sites is 1. The smallest absolute Gasteiger partial charge is 0.363 e. The molecule has 23 heavy (non-hydrogen) atoms. The number of hydrogen-bond donors (Lipinski definition) is 0. The molecule has 116 valence electrons. The highest BCUT2D eigenvalue weighted by molar-refractivity contribution is 6.13. The van der Waals surface area contributed by atoms with E-state index in [2.05, 4.69) is 4.99 Å². The topological polar surface area (TPSA) is 57.1 Å². The minimum Gasteiger partial charge on any atom is -0.497 e. The molecule has 0 saturated carbocycles. The van der Waals surface area contributed by atoms with E-state index in [0.717, 1.165) is 5.56 Å². The number of rotatable bonds is 4. The van der Waals surface area contributed by atoms with E-state index in [1.807, 2.05) is 36.4 Å². The second kappa shape index (κ2) is 6.36. The van der Waals surface area contributed by atoms with Crippen LogP contribution in [0, 0.1) is 0 Å². The van der Waals surface area contributed by atoms with Crippen molar-refractivity contribution in [3.63, 3.8) is 0 Å². The van der Waals surface area contributed by atoms with Crippen LogP contribution in [-0.4, -0.2) is 26.1 Å². The molecule has 0 atom stereocenters. The van der Waals surface area contributed by atoms with Gasteiger partial charge in [-0.25, -0.2) is 9.79 Å². The molecule has 0 radical (unpaired) electrons. The molecule has 0 aromatic heterocycles. The van der Waals surface area contributed by atoms with Gasteiger partial charge in [0.2, 0.25) is 5.90 Å². The van der Waals surface area contributed by atoms with Crippen molar-refractivity contribution in [1.29, 1.82) is 0 Å². The number of benzene rings is 2. The zero-order valence-corrected chi connectivity index (χ0v) is 12.8. The van der Waals surface area contributed by atoms with Crippen molar-refractivity contribution in [2.24, 2.45) is 4.99 Å². The summed E-state index contributed by atoms with van der Waals surface area (Å²) in [4.78, 5) is 16.3. The maximum absolute atomic E-state index is 12.0. The molecule has 2 aromatic rings. The normalized spacial score (nSPS) is 15.3. The van der Waals surface area contributed by atoms with Crippen LogP contribution in [0.5, 0.6) is 11.5 Å². The molecule has 0 bridgehead atoms. The van der Waals surface area contributed by atoms with Gasteiger partial charge in [-0.3, -0.25) is 0 Å². The first-order chi connectivity index (χ1) is 11.2. The van der Waals surface area contributed by atoms with Crippen LogP contribution in [0.3, 0.4) is 0 Å². The molecule has 0 spiro atoms. The third-order valence-electron chi connectivity index (χ3n) is 3.36. The van der Waals surface area contributed by atoms with Crippen LogP contribution < -0.4 is 9.47 Å². The molecular formula is C18H15NO4. The summed E-state index contributed by atoms with van der Waals surface area (Å²) in [5.74, 6) is 1.05. The van der Waals surface area contributed by atoms with Crippen molar-refractivity contribution in [1.82, 2.24) is 0 Å². The van der Waals surface area contributed by atoms with Gasteiger partial charge in [-0.05, 0) is 35.9 Å². The molecule has 0 aliphatic carbocycles. The van der Waals surface area contributed by atoms with E-state index in [1.165, 1.54) is 0 Å². The lowest BCUT2D eigenvalue weighted by molar-refractivity contribution is -0.129. The highest BCUT2D eigenvalue weighted by Crippen LogP contribution is 2.25. The molecule has 0 unspecified atom stereocenters. The lowest BCUT2D eigenvalue weighted by atomic mass is 10.2. The Bertz CT molecular complexity index is 808. The summed E-state index contributed by atoms with van der Waals surface area (Å²) in [7, 11) is 3.15. The fraction of sp³-hybridized carbons (Fsp3) is 0.111. The Labute approximate surface area is 133 Å². The van der Waals surface area contributed by atoms with Crippen LogP contribution in [0.2, 0.25) is 0 Å². The molecule has 2 aromatic carbocycles. The molecular weight excluding hydrogens is 294 g/mol. The van der Waals surface area contributed by atoms with Crippen LogP contribution in [0.25, 0.3) is 6.08 Å². The fourth-order valence-corrected chi connectivity index (χ4v) is 2.23. The molecule has 1 heterocycles. The largest absolute Gasteiger partial charge is 0.497 e. The Morgan fingerprint density at radius 2 is 1.87 bits per heavy atom. The minimum absolute atomic E-state index is 0.235. The number of carbonyl (C=O) groups is 1. The van der Waals surface area contributed by atoms with Gasteiger partial charge in [0.15, 0.2) is 5.70 Å². The maximum atomic E-state index is 12.0. The number of hydrogen-bond acceptors (Lipinski definition) is 5. The monoisotopic (exact) mass is 309 g/mol. The van der Waals surface area contributed by atoms with Crippen molar-refractivity contribution in [3.8, 4) is 11.5 Å². The summed E-state index contributed by atoms with van der Waals surface area (Å²) < 4.78 is 15.7. The molecule has 1 aliphatic rings. The van der Waals surface area contributed by atoms with Gasteiger partial charge in [0.05, 0.1) is 19.8 Å². The molecule has 0 saturated heterocycles. The van der Waals surface area contributed by atoms with Crippen molar-refractivity contribution in [2.75, 3.05) is 14.2 Å². The highest BCUT2D eigenvalue weighted by atomic mass is 16.6. The summed E-state index contributed by atoms with van der Waals surface area (Å²) in [6, 6.07) is 14.6. The number of carbonyl (C=O) groups excluding carboxylic acids is 1. The van der Waals surface area contributed by atoms with Crippen LogP contribution >= 0.6 is 0 Å². The van der Waals surface area contributed by atoms with Gasteiger partial charge in [0, 0.05) is 0 Å². The molecule has 0 fully saturated rings. The number of cyclic esters (lactones) is 1. The van der Waals surface area contributed by atoms with Crippen LogP contribution in [0.4, 0.5) is 0 Å². The van der Waals surface area contributed by atoms with Crippen molar-refractivity contribution >= 4 is 17.9 Å². The summed E-state index contributed by atoms with van der Waals surface area (Å²) >= 11 is 0. The van der Waals surface area contributed by atoms with Gasteiger partial charge in [0.1, 0.15) is 11.5 Å². The maximum Gasteiger partial charge on any atom is 0.363 e. The Kier molecular flexibility index (Phi) is 4.10. The van der Waals surface area contributed by atoms with Gasteiger partial charge in [-0.15, -0.1) is 0 Å². The van der Waals surface area contributed by atoms with Gasteiger partial charge < -0.3 is 14.2 Å². The van der Waals surface area contributed by atoms with Crippen molar-refractivity contribution in [2.45, 2.75) is 0 Å². The zero-order chi connectivity index (χ0) is 16.2. The van der Waals surface area contributed by atoms with Crippen molar-refractivity contribution in [3.05, 3.63) is 65.4 Å². The molecule has 0 N–H and O–H groups in total. The second-order valence-electron chi connectivity index (χ2n) is 4.81. The SMILES string of the molecule is COc1cccc(C=C2N=C(c3ccccc3OC)OC2=O)c1. The Balaban J connectivity index is 1.96. The summed E-state index contributed by atoms with van der Waals surface area (Å²) in [5.41, 5.74) is 1.68. The van der Waals surface area contributed by atoms with E-state index in [4.69, 9.17) is 14.2 Å². The lowest BCUT2D eigenvalue weighted by Crippen LogP contribution is -2.06. The molecule has 5 nitrogen and oxygen atoms in total. The first-order valence-electron chi connectivity index (χ1n) is 7.01. The number of methoxy groups -OCH3 is 2. The van der Waals surface area contributed by atoms with Gasteiger partial charge in [0.25, 0.3) is 0 Å². The molecule has 5 heteroatoms. The van der Waals surface area contributed by atoms with Gasteiger partial charge in [-0.1, -0.05) is 24.3 Å². The van der Waals surface area contributed by atoms with E-state index >= 15 is 0 Å². The van der Waals surface area contributed by atoms with Gasteiger partial charge in [-0.2, -0.15) is 0 Å². The summed E-state index contributed by atoms with van der Waals surface area (Å²) in [6.45, 7) is 0. The number of esters is 1. The first-order valence-corrected chi connectivity index (χ1v) is 7.01. The Hall–Kier alpha value is -3.08. The Morgan fingerprint density at radius 1 is 1.04 bits per heavy atom. The standard InChI is InChI=1S/C18H15NO4/c1-21-13-7-5-6-12(10-13)11-15-18(20)23-17(19-15)14-8-3-4-9-16(14)22-2/h3-11H,1-2H3. The average Bonchev–Trinajstić information content (AvgIpc) is 2.95. The minimum atomic E-state index is -0.492. The Morgan fingerprint density at radius 3 is 2.65 bits per heavy atom. The number of ether oxygens (including phenoxy) is 3. The summed E-state index contributed by atoms with van der Waals surface area (Å²) in [6.07, 6.45) is 1.66. The third-order valence-corrected chi connectivity index (χ3v) is 3.36. The second-order valence-corrected chi connectivity index (χ2v) is 4.81. The van der Waals surface area contributed by atoms with E-state index in [0.29, 0.717) is 17.1 Å². The molecule has 0 amide bonds. The number of nitrogens with zero attached hydrogens (tertiary/aromatic N) is 1. The first kappa shape index (κ1) is 14.8. The van der Waals surface area contributed by atoms with Crippen LogP contribution in [0.1, 0.15) is 11.1 Å². The lowest BCUT2D eigenvalue weighted by Gasteiger charge is -2.05. The number of aliphatic imine (C=N–C) groups is 1. The van der Waals surface area contributed by atoms with Crippen LogP contribution in [0.15, 0.2) is 59.2 Å². The molecule has 1 aliphatic heterocycles. The predicted octanol–water partition coefficient (Wildman–Crippen LogP) is 3.05. The van der Waals surface area contributed by atoms with Crippen molar-refractivity contribution < 1.29 is 19.0 Å². The predicted molar refractivity (Wildman–Crippen MR) is 86.6 cm³/mol. The van der Waals surface area contributed by atoms with E-state index in [9.17, 15) is 4.79 Å².